The maximum absolute atomic E-state index is 8.75. The molecule has 1 aliphatic heterocycles. The molecule has 1 saturated heterocycles. The second-order valence-electron chi connectivity index (χ2n) is 6.79. The topological polar surface area (TPSA) is 38.7 Å². The highest BCUT2D eigenvalue weighted by Gasteiger charge is 2.67. The minimum atomic E-state index is -0.127. The van der Waals surface area contributed by atoms with E-state index in [0.717, 1.165) is 18.7 Å². The molecule has 4 fully saturated rings. The van der Waals surface area contributed by atoms with E-state index in [9.17, 15) is 0 Å². The molecule has 4 aliphatic rings. The van der Waals surface area contributed by atoms with Crippen LogP contribution in [0, 0.1) is 17.3 Å². The summed E-state index contributed by atoms with van der Waals surface area (Å²) in [5.74, 6) is 1.43. The summed E-state index contributed by atoms with van der Waals surface area (Å²) >= 11 is 0. The van der Waals surface area contributed by atoms with Crippen molar-refractivity contribution in [3.8, 4) is 0 Å². The summed E-state index contributed by atoms with van der Waals surface area (Å²) in [7, 11) is -0.127. The minimum Gasteiger partial charge on any atom is -0.405 e. The summed E-state index contributed by atoms with van der Waals surface area (Å²) in [5, 5.41) is 8.75. The third-order valence-electron chi connectivity index (χ3n) is 5.60. The fourth-order valence-corrected chi connectivity index (χ4v) is 4.33. The summed E-state index contributed by atoms with van der Waals surface area (Å²) < 4.78 is 12.3. The first-order valence-corrected chi connectivity index (χ1v) is 7.07. The summed E-state index contributed by atoms with van der Waals surface area (Å²) in [6.45, 7) is 7.06. The average molecular weight is 250 g/mol. The zero-order chi connectivity index (χ0) is 13.0. The Morgan fingerprint density at radius 3 is 2.72 bits per heavy atom. The van der Waals surface area contributed by atoms with Crippen LogP contribution in [0.3, 0.4) is 0 Å². The van der Waals surface area contributed by atoms with Crippen LogP contribution in [0.5, 0.6) is 0 Å². The van der Waals surface area contributed by atoms with Gasteiger partial charge in [0.2, 0.25) is 0 Å². The van der Waals surface area contributed by atoms with E-state index >= 15 is 0 Å². The highest BCUT2D eigenvalue weighted by molar-refractivity contribution is 6.46. The molecule has 3 aliphatic carbocycles. The van der Waals surface area contributed by atoms with Gasteiger partial charge in [0.15, 0.2) is 0 Å². The Kier molecular flexibility index (Phi) is 2.89. The molecule has 1 heterocycles. The molecule has 0 radical (unpaired) electrons. The highest BCUT2D eigenvalue weighted by atomic mass is 16.7. The quantitative estimate of drug-likeness (QED) is 0.616. The Hall–Kier alpha value is -0.315. The minimum absolute atomic E-state index is 0.0884. The SMILES string of the molecule is CC1(C)[C@@H]2C[C@H]3OB(C/C=C/CO)O[C@@]3(C)[C@H]1C2. The molecule has 4 heteroatoms. The summed E-state index contributed by atoms with van der Waals surface area (Å²) in [6.07, 6.45) is 7.14. The van der Waals surface area contributed by atoms with Gasteiger partial charge in [-0.2, -0.15) is 0 Å². The van der Waals surface area contributed by atoms with Crippen LogP contribution in [0.2, 0.25) is 6.32 Å². The standard InChI is InChI=1S/C14H23BO3/c1-13(2)10-8-11(13)14(3)12(9-10)17-15(18-14)6-4-5-7-16/h4-5,10-12,16H,6-9H2,1-3H3/b5-4+/t10-,11-,12+,14-/m0/s1. The van der Waals surface area contributed by atoms with E-state index in [0.29, 0.717) is 11.3 Å². The maximum atomic E-state index is 8.75. The first-order chi connectivity index (χ1) is 8.48. The van der Waals surface area contributed by atoms with E-state index in [1.807, 2.05) is 6.08 Å². The first kappa shape index (κ1) is 12.7. The third-order valence-corrected chi connectivity index (χ3v) is 5.60. The van der Waals surface area contributed by atoms with Crippen LogP contribution in [-0.4, -0.2) is 30.5 Å². The van der Waals surface area contributed by atoms with Crippen molar-refractivity contribution in [3.05, 3.63) is 12.2 Å². The third kappa shape index (κ3) is 1.62. The van der Waals surface area contributed by atoms with Crippen LogP contribution in [0.4, 0.5) is 0 Å². The summed E-state index contributed by atoms with van der Waals surface area (Å²) in [5.41, 5.74) is 0.306. The molecular formula is C14H23BO3. The van der Waals surface area contributed by atoms with Crippen molar-refractivity contribution < 1.29 is 14.4 Å². The molecule has 4 atom stereocenters. The highest BCUT2D eigenvalue weighted by Crippen LogP contribution is 2.65. The van der Waals surface area contributed by atoms with E-state index in [2.05, 4.69) is 20.8 Å². The van der Waals surface area contributed by atoms with E-state index in [1.54, 1.807) is 6.08 Å². The Morgan fingerprint density at radius 2 is 2.06 bits per heavy atom. The van der Waals surface area contributed by atoms with E-state index < -0.39 is 0 Å². The molecule has 3 saturated carbocycles. The molecule has 0 unspecified atom stereocenters. The molecule has 0 spiro atoms. The Balaban J connectivity index is 1.71. The van der Waals surface area contributed by atoms with E-state index in [4.69, 9.17) is 14.4 Å². The zero-order valence-electron chi connectivity index (χ0n) is 11.6. The fraction of sp³-hybridized carbons (Fsp3) is 0.857. The molecule has 18 heavy (non-hydrogen) atoms. The van der Waals surface area contributed by atoms with Crippen LogP contribution >= 0.6 is 0 Å². The molecular weight excluding hydrogens is 227 g/mol. The smallest absolute Gasteiger partial charge is 0.405 e. The molecule has 1 N–H and O–H groups in total. The van der Waals surface area contributed by atoms with Gasteiger partial charge in [-0.05, 0) is 37.0 Å². The zero-order valence-corrected chi connectivity index (χ0v) is 11.6. The fourth-order valence-electron chi connectivity index (χ4n) is 4.33. The van der Waals surface area contributed by atoms with Crippen LogP contribution in [0.25, 0.3) is 0 Å². The van der Waals surface area contributed by atoms with Crippen molar-refractivity contribution in [1.29, 1.82) is 0 Å². The molecule has 3 nitrogen and oxygen atoms in total. The van der Waals surface area contributed by atoms with Gasteiger partial charge in [-0.15, -0.1) is 0 Å². The number of aliphatic hydroxyl groups is 1. The second kappa shape index (κ2) is 4.09. The number of allylic oxidation sites excluding steroid dienone is 1. The monoisotopic (exact) mass is 250 g/mol. The van der Waals surface area contributed by atoms with Crippen molar-refractivity contribution >= 4 is 7.12 Å². The van der Waals surface area contributed by atoms with Gasteiger partial charge in [-0.1, -0.05) is 26.0 Å². The lowest BCUT2D eigenvalue weighted by Crippen LogP contribution is -2.65. The van der Waals surface area contributed by atoms with Gasteiger partial charge in [0.05, 0.1) is 18.3 Å². The van der Waals surface area contributed by atoms with Gasteiger partial charge >= 0.3 is 7.12 Å². The molecule has 0 aromatic heterocycles. The van der Waals surface area contributed by atoms with Gasteiger partial charge in [0, 0.05) is 6.32 Å². The van der Waals surface area contributed by atoms with Crippen LogP contribution in [0.15, 0.2) is 12.2 Å². The molecule has 4 rings (SSSR count). The molecule has 100 valence electrons. The Bertz CT molecular complexity index is 368. The lowest BCUT2D eigenvalue weighted by Gasteiger charge is -2.64. The van der Waals surface area contributed by atoms with Gasteiger partial charge in [-0.3, -0.25) is 0 Å². The normalized spacial score (nSPS) is 45.1. The summed E-state index contributed by atoms with van der Waals surface area (Å²) in [6, 6.07) is 0. The predicted octanol–water partition coefficient (Wildman–Crippen LogP) is 2.26. The van der Waals surface area contributed by atoms with Gasteiger partial charge < -0.3 is 14.4 Å². The molecule has 0 aromatic carbocycles. The van der Waals surface area contributed by atoms with Gasteiger partial charge in [-0.25, -0.2) is 0 Å². The number of hydrogen-bond donors (Lipinski definition) is 1. The van der Waals surface area contributed by atoms with Gasteiger partial charge in [0.25, 0.3) is 0 Å². The number of hydrogen-bond acceptors (Lipinski definition) is 3. The lowest BCUT2D eigenvalue weighted by atomic mass is 9.43. The van der Waals surface area contributed by atoms with Crippen LogP contribution in [-0.2, 0) is 9.31 Å². The number of aliphatic hydroxyl groups excluding tert-OH is 1. The number of rotatable bonds is 3. The van der Waals surface area contributed by atoms with E-state index in [-0.39, 0.29) is 25.4 Å². The van der Waals surface area contributed by atoms with Crippen molar-refractivity contribution in [2.75, 3.05) is 6.61 Å². The second-order valence-corrected chi connectivity index (χ2v) is 6.79. The molecule has 2 bridgehead atoms. The largest absolute Gasteiger partial charge is 0.461 e. The molecule has 0 aromatic rings. The van der Waals surface area contributed by atoms with E-state index in [1.165, 1.54) is 6.42 Å². The van der Waals surface area contributed by atoms with Crippen molar-refractivity contribution in [2.45, 2.75) is 51.6 Å². The predicted molar refractivity (Wildman–Crippen MR) is 71.1 cm³/mol. The van der Waals surface area contributed by atoms with Crippen LogP contribution in [0.1, 0.15) is 33.6 Å². The Morgan fingerprint density at radius 1 is 1.28 bits per heavy atom. The van der Waals surface area contributed by atoms with Gasteiger partial charge in [0.1, 0.15) is 0 Å². The van der Waals surface area contributed by atoms with Crippen molar-refractivity contribution in [1.82, 2.24) is 0 Å². The Labute approximate surface area is 110 Å². The maximum Gasteiger partial charge on any atom is 0.461 e. The first-order valence-electron chi connectivity index (χ1n) is 7.07. The molecule has 0 amide bonds. The lowest BCUT2D eigenvalue weighted by molar-refractivity contribution is -0.199. The van der Waals surface area contributed by atoms with Crippen molar-refractivity contribution in [2.24, 2.45) is 17.3 Å². The average Bonchev–Trinajstić information content (AvgIpc) is 2.64. The van der Waals surface area contributed by atoms with Crippen LogP contribution < -0.4 is 0 Å². The summed E-state index contributed by atoms with van der Waals surface area (Å²) in [4.78, 5) is 0. The van der Waals surface area contributed by atoms with Crippen molar-refractivity contribution in [3.63, 3.8) is 0 Å².